The molecule has 0 spiro atoms. The third kappa shape index (κ3) is 5.48. The monoisotopic (exact) mass is 449 g/mol. The van der Waals surface area contributed by atoms with Crippen molar-refractivity contribution < 1.29 is 14.6 Å². The molecule has 1 atom stereocenters. The lowest BCUT2D eigenvalue weighted by atomic mass is 9.72. The van der Waals surface area contributed by atoms with E-state index in [2.05, 4.69) is 0 Å². The molecule has 1 aliphatic heterocycles. The van der Waals surface area contributed by atoms with E-state index in [4.69, 9.17) is 27.9 Å². The molecule has 1 aliphatic rings. The van der Waals surface area contributed by atoms with Crippen molar-refractivity contribution in [2.75, 3.05) is 19.7 Å². The third-order valence-corrected chi connectivity index (χ3v) is 6.42. The number of aliphatic hydroxyl groups is 1. The Morgan fingerprint density at radius 1 is 1.20 bits per heavy atom. The van der Waals surface area contributed by atoms with Crippen LogP contribution in [-0.2, 0) is 16.6 Å². The first-order valence-electron chi connectivity index (χ1n) is 10.4. The molecule has 1 saturated heterocycles. The number of aliphatic hydroxyl groups excluding tert-OH is 1. The molecule has 162 valence electrons. The molecule has 1 heterocycles. The molecule has 1 unspecified atom stereocenters. The van der Waals surface area contributed by atoms with Crippen LogP contribution in [0.15, 0.2) is 42.5 Å². The van der Waals surface area contributed by atoms with Crippen molar-refractivity contribution in [3.63, 3.8) is 0 Å². The maximum Gasteiger partial charge on any atom is 0.227 e. The number of benzene rings is 2. The van der Waals surface area contributed by atoms with Crippen LogP contribution in [0.2, 0.25) is 10.0 Å². The van der Waals surface area contributed by atoms with Crippen molar-refractivity contribution in [2.24, 2.45) is 0 Å². The van der Waals surface area contributed by atoms with E-state index in [-0.39, 0.29) is 24.0 Å². The summed E-state index contributed by atoms with van der Waals surface area (Å²) in [5.41, 5.74) is 1.64. The van der Waals surface area contributed by atoms with Crippen molar-refractivity contribution in [2.45, 2.75) is 51.0 Å². The summed E-state index contributed by atoms with van der Waals surface area (Å²) in [7, 11) is 0. The fourth-order valence-electron chi connectivity index (χ4n) is 4.26. The third-order valence-electron chi connectivity index (χ3n) is 5.68. The first kappa shape index (κ1) is 22.9. The van der Waals surface area contributed by atoms with Crippen molar-refractivity contribution in [3.05, 3.63) is 63.6 Å². The van der Waals surface area contributed by atoms with E-state index in [9.17, 15) is 9.90 Å². The molecule has 0 bridgehead atoms. The highest BCUT2D eigenvalue weighted by Crippen LogP contribution is 2.39. The smallest absolute Gasteiger partial charge is 0.227 e. The van der Waals surface area contributed by atoms with Gasteiger partial charge in [0.15, 0.2) is 0 Å². The summed E-state index contributed by atoms with van der Waals surface area (Å²) in [6.07, 6.45) is 2.76. The normalized spacial score (nSPS) is 19.2. The Morgan fingerprint density at radius 3 is 2.70 bits per heavy atom. The lowest BCUT2D eigenvalue weighted by molar-refractivity contribution is -0.133. The summed E-state index contributed by atoms with van der Waals surface area (Å²) in [5, 5.41) is 10.8. The molecule has 1 amide bonds. The van der Waals surface area contributed by atoms with Crippen LogP contribution in [0.25, 0.3) is 0 Å². The quantitative estimate of drug-likeness (QED) is 0.626. The van der Waals surface area contributed by atoms with Gasteiger partial charge in [0, 0.05) is 25.1 Å². The van der Waals surface area contributed by atoms with Gasteiger partial charge in [0.1, 0.15) is 5.75 Å². The maximum atomic E-state index is 13.1. The Bertz CT molecular complexity index is 883. The number of rotatable bonds is 7. The van der Waals surface area contributed by atoms with Gasteiger partial charge in [-0.15, -0.1) is 0 Å². The Balaban J connectivity index is 1.78. The molecule has 3 rings (SSSR count). The fourth-order valence-corrected chi connectivity index (χ4v) is 4.55. The van der Waals surface area contributed by atoms with Crippen LogP contribution in [0.4, 0.5) is 0 Å². The summed E-state index contributed by atoms with van der Waals surface area (Å²) in [6, 6.07) is 13.3. The second-order valence-electron chi connectivity index (χ2n) is 8.29. The average molecular weight is 450 g/mol. The van der Waals surface area contributed by atoms with Crippen molar-refractivity contribution in [3.8, 4) is 5.75 Å². The zero-order chi connectivity index (χ0) is 21.7. The van der Waals surface area contributed by atoms with E-state index < -0.39 is 0 Å². The van der Waals surface area contributed by atoms with E-state index in [1.165, 1.54) is 0 Å². The summed E-state index contributed by atoms with van der Waals surface area (Å²) < 4.78 is 5.75. The van der Waals surface area contributed by atoms with Crippen LogP contribution in [-0.4, -0.2) is 41.7 Å². The number of halogens is 2. The highest BCUT2D eigenvalue weighted by molar-refractivity contribution is 6.42. The van der Waals surface area contributed by atoms with Crippen molar-refractivity contribution in [1.29, 1.82) is 0 Å². The van der Waals surface area contributed by atoms with Crippen LogP contribution in [0.1, 0.15) is 44.2 Å². The summed E-state index contributed by atoms with van der Waals surface area (Å²) in [5.74, 6) is 0.859. The first-order chi connectivity index (χ1) is 14.3. The van der Waals surface area contributed by atoms with Crippen LogP contribution < -0.4 is 4.74 Å². The van der Waals surface area contributed by atoms with Gasteiger partial charge in [-0.1, -0.05) is 41.4 Å². The molecule has 0 saturated carbocycles. The summed E-state index contributed by atoms with van der Waals surface area (Å²) >= 11 is 12.4. The van der Waals surface area contributed by atoms with E-state index in [0.717, 1.165) is 36.3 Å². The molecular formula is C24H29Cl2NO3. The second kappa shape index (κ2) is 10.0. The zero-order valence-electron chi connectivity index (χ0n) is 17.5. The van der Waals surface area contributed by atoms with Gasteiger partial charge < -0.3 is 14.7 Å². The molecule has 2 aromatic rings. The minimum Gasteiger partial charge on any atom is -0.491 e. The number of piperidine rings is 1. The Labute approximate surface area is 188 Å². The SMILES string of the molecule is CC(C)Oc1cccc(CC(=O)N2CCCC(CCO)(c3ccc(Cl)c(Cl)c3)C2)c1. The summed E-state index contributed by atoms with van der Waals surface area (Å²) in [6.45, 7) is 5.30. The minimum atomic E-state index is -0.320. The second-order valence-corrected chi connectivity index (χ2v) is 9.11. The van der Waals surface area contributed by atoms with Crippen LogP contribution >= 0.6 is 23.2 Å². The molecule has 0 aliphatic carbocycles. The van der Waals surface area contributed by atoms with E-state index >= 15 is 0 Å². The molecule has 30 heavy (non-hydrogen) atoms. The number of carbonyl (C=O) groups is 1. The number of amides is 1. The molecule has 0 radical (unpaired) electrons. The minimum absolute atomic E-state index is 0.0524. The molecule has 1 fully saturated rings. The average Bonchev–Trinajstić information content (AvgIpc) is 2.70. The molecule has 2 aromatic carbocycles. The maximum absolute atomic E-state index is 13.1. The largest absolute Gasteiger partial charge is 0.491 e. The van der Waals surface area contributed by atoms with Crippen LogP contribution in [0.5, 0.6) is 5.75 Å². The van der Waals surface area contributed by atoms with Crippen LogP contribution in [0, 0.1) is 0 Å². The number of hydrogen-bond donors (Lipinski definition) is 1. The van der Waals surface area contributed by atoms with Crippen molar-refractivity contribution >= 4 is 29.1 Å². The highest BCUT2D eigenvalue weighted by Gasteiger charge is 2.38. The van der Waals surface area contributed by atoms with Gasteiger partial charge in [-0.3, -0.25) is 4.79 Å². The lowest BCUT2D eigenvalue weighted by Gasteiger charge is -2.43. The molecular weight excluding hydrogens is 421 g/mol. The number of carbonyl (C=O) groups excluding carboxylic acids is 1. The predicted octanol–water partition coefficient (Wildman–Crippen LogP) is 5.27. The number of likely N-dealkylation sites (tertiary alicyclic amines) is 1. The topological polar surface area (TPSA) is 49.8 Å². The van der Waals surface area contributed by atoms with E-state index in [1.807, 2.05) is 55.1 Å². The Morgan fingerprint density at radius 2 is 2.00 bits per heavy atom. The van der Waals surface area contributed by atoms with Crippen molar-refractivity contribution in [1.82, 2.24) is 4.90 Å². The van der Waals surface area contributed by atoms with Gasteiger partial charge in [0.2, 0.25) is 5.91 Å². The van der Waals surface area contributed by atoms with E-state index in [1.54, 1.807) is 6.07 Å². The van der Waals surface area contributed by atoms with Gasteiger partial charge in [0.05, 0.1) is 22.6 Å². The number of hydrogen-bond acceptors (Lipinski definition) is 3. The summed E-state index contributed by atoms with van der Waals surface area (Å²) in [4.78, 5) is 15.0. The molecule has 6 heteroatoms. The lowest BCUT2D eigenvalue weighted by Crippen LogP contribution is -2.49. The van der Waals surface area contributed by atoms with Crippen LogP contribution in [0.3, 0.4) is 0 Å². The number of nitrogens with zero attached hydrogens (tertiary/aromatic N) is 1. The van der Waals surface area contributed by atoms with E-state index in [0.29, 0.717) is 29.4 Å². The molecule has 4 nitrogen and oxygen atoms in total. The van der Waals surface area contributed by atoms with Gasteiger partial charge >= 0.3 is 0 Å². The fraction of sp³-hybridized carbons (Fsp3) is 0.458. The Kier molecular flexibility index (Phi) is 7.67. The molecule has 0 aromatic heterocycles. The zero-order valence-corrected chi connectivity index (χ0v) is 19.0. The predicted molar refractivity (Wildman–Crippen MR) is 122 cm³/mol. The Hall–Kier alpha value is -1.75. The number of ether oxygens (including phenoxy) is 1. The van der Waals surface area contributed by atoms with Gasteiger partial charge in [-0.05, 0) is 68.5 Å². The molecule has 1 N–H and O–H groups in total. The standard InChI is InChI=1S/C24H29Cl2NO3/c1-17(2)30-20-6-3-5-18(13-20)14-23(29)27-11-4-9-24(16-27,10-12-28)19-7-8-21(25)22(26)15-19/h3,5-8,13,15,17,28H,4,9-12,14,16H2,1-2H3. The van der Waals surface area contributed by atoms with Gasteiger partial charge in [-0.2, -0.15) is 0 Å². The van der Waals surface area contributed by atoms with Gasteiger partial charge in [-0.25, -0.2) is 0 Å². The van der Waals surface area contributed by atoms with Gasteiger partial charge in [0.25, 0.3) is 0 Å². The first-order valence-corrected chi connectivity index (χ1v) is 11.2. The highest BCUT2D eigenvalue weighted by atomic mass is 35.5.